The number of nitrogens with zero attached hydrogens (tertiary/aromatic N) is 2. The SMILES string of the molecule is CN1CCCC/C=C\[C@@H]2C[C@@]2(C(=O)NS(=O)(=O)C2CC2)NC(=O)C2C[C@@H](OC(=O)Nc3cc(C(F)(F)F)ccc3N3CCCCC3)C[C@H]2C1=O. The third-order valence-corrected chi connectivity index (χ3v) is 12.3. The number of ether oxygens (including phenoxy) is 1. The number of carbonyl (C=O) groups is 4. The quantitative estimate of drug-likeness (QED) is 0.367. The molecule has 3 N–H and O–H groups in total. The van der Waals surface area contributed by atoms with Crippen LogP contribution in [0.4, 0.5) is 29.3 Å². The number of benzene rings is 1. The number of hydrogen-bond donors (Lipinski definition) is 3. The fourth-order valence-corrected chi connectivity index (χ4v) is 8.77. The Balaban J connectivity index is 1.21. The lowest BCUT2D eigenvalue weighted by molar-refractivity contribution is -0.140. The maximum atomic E-state index is 13.9. The molecule has 2 aliphatic heterocycles. The van der Waals surface area contributed by atoms with Gasteiger partial charge >= 0.3 is 12.3 Å². The Kier molecular flexibility index (Phi) is 10.1. The summed E-state index contributed by atoms with van der Waals surface area (Å²) in [5.74, 6) is -4.17. The van der Waals surface area contributed by atoms with Crippen LogP contribution < -0.4 is 20.3 Å². The summed E-state index contributed by atoms with van der Waals surface area (Å²) in [6.45, 7) is 1.68. The van der Waals surface area contributed by atoms with Gasteiger partial charge in [-0.2, -0.15) is 13.2 Å². The highest BCUT2D eigenvalue weighted by molar-refractivity contribution is 7.91. The van der Waals surface area contributed by atoms with Crippen LogP contribution in [0.25, 0.3) is 0 Å². The van der Waals surface area contributed by atoms with Crippen LogP contribution in [0.2, 0.25) is 0 Å². The fourth-order valence-electron chi connectivity index (χ4n) is 7.41. The zero-order chi connectivity index (χ0) is 35.8. The predicted molar refractivity (Wildman–Crippen MR) is 177 cm³/mol. The number of sulfonamides is 1. The van der Waals surface area contributed by atoms with Crippen LogP contribution in [0, 0.1) is 17.8 Å². The molecular formula is C34H44F3N5O7S. The van der Waals surface area contributed by atoms with E-state index in [1.165, 1.54) is 11.0 Å². The van der Waals surface area contributed by atoms with Crippen molar-refractivity contribution in [3.63, 3.8) is 0 Å². The molecule has 274 valence electrons. The largest absolute Gasteiger partial charge is 0.446 e. The molecule has 0 aromatic heterocycles. The van der Waals surface area contributed by atoms with E-state index in [-0.39, 0.29) is 30.9 Å². The van der Waals surface area contributed by atoms with E-state index in [2.05, 4.69) is 15.4 Å². The summed E-state index contributed by atoms with van der Waals surface area (Å²) in [4.78, 5) is 57.8. The number of carbonyl (C=O) groups excluding carboxylic acids is 4. The van der Waals surface area contributed by atoms with Gasteiger partial charge in [-0.05, 0) is 88.8 Å². The lowest BCUT2D eigenvalue weighted by atomic mass is 9.93. The molecule has 12 nitrogen and oxygen atoms in total. The molecule has 0 bridgehead atoms. The Morgan fingerprint density at radius 1 is 1.00 bits per heavy atom. The number of anilines is 2. The first kappa shape index (κ1) is 36.0. The van der Waals surface area contributed by atoms with Crippen molar-refractivity contribution in [2.24, 2.45) is 17.8 Å². The normalized spacial score (nSPS) is 29.9. The number of nitrogens with one attached hydrogen (secondary N) is 3. The molecule has 4 amide bonds. The van der Waals surface area contributed by atoms with Gasteiger partial charge in [0.05, 0.1) is 34.0 Å². The van der Waals surface area contributed by atoms with E-state index in [0.717, 1.165) is 37.8 Å². The van der Waals surface area contributed by atoms with E-state index in [0.29, 0.717) is 51.0 Å². The second-order valence-corrected chi connectivity index (χ2v) is 16.2. The lowest BCUT2D eigenvalue weighted by Crippen LogP contribution is -2.54. The number of amides is 4. The van der Waals surface area contributed by atoms with Crippen molar-refractivity contribution in [2.75, 3.05) is 36.9 Å². The number of halogens is 3. The summed E-state index contributed by atoms with van der Waals surface area (Å²) in [5, 5.41) is 4.63. The van der Waals surface area contributed by atoms with Crippen LogP contribution in [0.3, 0.4) is 0 Å². The van der Waals surface area contributed by atoms with E-state index in [4.69, 9.17) is 4.74 Å². The summed E-state index contributed by atoms with van der Waals surface area (Å²) < 4.78 is 74.0. The Labute approximate surface area is 289 Å². The van der Waals surface area contributed by atoms with Crippen LogP contribution in [0.5, 0.6) is 0 Å². The second-order valence-electron chi connectivity index (χ2n) is 14.2. The van der Waals surface area contributed by atoms with E-state index in [1.54, 1.807) is 7.05 Å². The minimum atomic E-state index is -4.64. The van der Waals surface area contributed by atoms with Gasteiger partial charge in [-0.25, -0.2) is 13.2 Å². The van der Waals surface area contributed by atoms with E-state index < -0.39 is 74.3 Å². The minimum absolute atomic E-state index is 0.0190. The highest BCUT2D eigenvalue weighted by atomic mass is 32.2. The topological polar surface area (TPSA) is 154 Å². The van der Waals surface area contributed by atoms with Crippen molar-refractivity contribution >= 4 is 45.2 Å². The van der Waals surface area contributed by atoms with Crippen molar-refractivity contribution in [1.29, 1.82) is 0 Å². The molecule has 5 aliphatic rings. The molecule has 16 heteroatoms. The third-order valence-electron chi connectivity index (χ3n) is 10.5. The van der Waals surface area contributed by atoms with Crippen molar-refractivity contribution in [3.8, 4) is 0 Å². The monoisotopic (exact) mass is 723 g/mol. The molecule has 1 aromatic carbocycles. The zero-order valence-corrected chi connectivity index (χ0v) is 28.8. The zero-order valence-electron chi connectivity index (χ0n) is 28.0. The van der Waals surface area contributed by atoms with Crippen LogP contribution in [0.15, 0.2) is 30.4 Å². The van der Waals surface area contributed by atoms with Gasteiger partial charge in [0.1, 0.15) is 11.6 Å². The maximum Gasteiger partial charge on any atom is 0.416 e. The smallest absolute Gasteiger partial charge is 0.416 e. The maximum absolute atomic E-state index is 13.9. The minimum Gasteiger partial charge on any atom is -0.446 e. The van der Waals surface area contributed by atoms with Crippen molar-refractivity contribution in [1.82, 2.24) is 14.9 Å². The highest BCUT2D eigenvalue weighted by Gasteiger charge is 2.62. The van der Waals surface area contributed by atoms with E-state index in [1.807, 2.05) is 17.1 Å². The first-order valence-corrected chi connectivity index (χ1v) is 19.0. The first-order chi connectivity index (χ1) is 23.7. The number of allylic oxidation sites excluding steroid dienone is 1. The molecule has 1 saturated heterocycles. The van der Waals surface area contributed by atoms with Crippen LogP contribution >= 0.6 is 0 Å². The van der Waals surface area contributed by atoms with Crippen LogP contribution in [-0.2, 0) is 35.3 Å². The van der Waals surface area contributed by atoms with Gasteiger partial charge in [-0.15, -0.1) is 0 Å². The van der Waals surface area contributed by atoms with Crippen LogP contribution in [0.1, 0.15) is 76.2 Å². The van der Waals surface area contributed by atoms with Gasteiger partial charge in [-0.3, -0.25) is 24.4 Å². The van der Waals surface area contributed by atoms with Gasteiger partial charge in [-0.1, -0.05) is 12.2 Å². The van der Waals surface area contributed by atoms with Gasteiger partial charge in [0.25, 0.3) is 5.91 Å². The second kappa shape index (κ2) is 14.1. The Hall–Kier alpha value is -3.82. The molecule has 5 atom stereocenters. The first-order valence-electron chi connectivity index (χ1n) is 17.4. The molecule has 50 heavy (non-hydrogen) atoms. The molecule has 2 heterocycles. The average molecular weight is 724 g/mol. The van der Waals surface area contributed by atoms with Crippen molar-refractivity contribution in [2.45, 2.75) is 93.7 Å². The molecule has 1 unspecified atom stereocenters. The Morgan fingerprint density at radius 2 is 1.70 bits per heavy atom. The lowest BCUT2D eigenvalue weighted by Gasteiger charge is -2.31. The Morgan fingerprint density at radius 3 is 2.40 bits per heavy atom. The van der Waals surface area contributed by atoms with Gasteiger partial charge in [0, 0.05) is 32.6 Å². The summed E-state index contributed by atoms with van der Waals surface area (Å²) in [7, 11) is -2.27. The number of piperidine rings is 1. The number of alkyl halides is 3. The molecular weight excluding hydrogens is 679 g/mol. The third kappa shape index (κ3) is 7.89. The highest BCUT2D eigenvalue weighted by Crippen LogP contribution is 2.47. The summed E-state index contributed by atoms with van der Waals surface area (Å²) >= 11 is 0. The van der Waals surface area contributed by atoms with Gasteiger partial charge in [0.15, 0.2) is 0 Å². The average Bonchev–Trinajstić information content (AvgIpc) is 3.99. The number of fused-ring (bicyclic) bond motifs is 2. The molecule has 0 spiro atoms. The predicted octanol–water partition coefficient (Wildman–Crippen LogP) is 4.32. The molecule has 0 radical (unpaired) electrons. The summed E-state index contributed by atoms with van der Waals surface area (Å²) in [6.07, 6.45) is 2.94. The standard InChI is InChI=1S/C34H44F3N5O7S/c1-41-14-6-3-2-5-9-22-20-33(22,31(45)40-50(47,48)24-11-12-24)39-29(43)25-18-23(19-26(25)30(41)44)49-32(46)38-27-17-21(34(35,36)37)10-13-28(27)42-15-7-4-8-16-42/h5,9-10,13,17,22-26H,2-4,6-8,11-12,14-16,18-20H2,1H3,(H,38,46)(H,39,43)(H,40,45)/b9-5-/t22-,23-,25?,26-,33-/m1/s1. The van der Waals surface area contributed by atoms with Gasteiger partial charge < -0.3 is 19.9 Å². The van der Waals surface area contributed by atoms with E-state index >= 15 is 0 Å². The van der Waals surface area contributed by atoms with Gasteiger partial charge in [0.2, 0.25) is 21.8 Å². The molecule has 4 fully saturated rings. The van der Waals surface area contributed by atoms with Crippen LogP contribution in [-0.4, -0.2) is 80.7 Å². The van der Waals surface area contributed by atoms with Crippen molar-refractivity contribution in [3.05, 3.63) is 35.9 Å². The molecule has 3 aliphatic carbocycles. The molecule has 1 aromatic rings. The number of rotatable bonds is 6. The van der Waals surface area contributed by atoms with Crippen molar-refractivity contribution < 1.29 is 45.5 Å². The summed E-state index contributed by atoms with van der Waals surface area (Å²) in [6, 6.07) is 3.19. The summed E-state index contributed by atoms with van der Waals surface area (Å²) in [5.41, 5.74) is -2.06. The Bertz CT molecular complexity index is 1640. The molecule has 6 rings (SSSR count). The molecule has 3 saturated carbocycles. The fraction of sp³-hybridized carbons (Fsp3) is 0.647. The van der Waals surface area contributed by atoms with E-state index in [9.17, 15) is 40.8 Å². The number of hydrogen-bond acceptors (Lipinski definition) is 8.